The lowest BCUT2D eigenvalue weighted by molar-refractivity contribution is -0.185. The highest BCUT2D eigenvalue weighted by Crippen LogP contribution is 2.33. The second-order valence-corrected chi connectivity index (χ2v) is 6.80. The van der Waals surface area contributed by atoms with Gasteiger partial charge in [0.2, 0.25) is 0 Å². The van der Waals surface area contributed by atoms with Gasteiger partial charge in [0, 0.05) is 9.64 Å². The van der Waals surface area contributed by atoms with Crippen molar-refractivity contribution >= 4 is 22.6 Å². The Hall–Kier alpha value is -2.02. The van der Waals surface area contributed by atoms with Crippen LogP contribution >= 0.6 is 22.6 Å². The molecule has 0 aliphatic rings. The van der Waals surface area contributed by atoms with Crippen LogP contribution in [0.15, 0.2) is 66.7 Å². The van der Waals surface area contributed by atoms with Crippen molar-refractivity contribution in [2.45, 2.75) is 13.0 Å². The Morgan fingerprint density at radius 2 is 1.40 bits per heavy atom. The molecule has 3 rings (SSSR count). The van der Waals surface area contributed by atoms with Crippen LogP contribution in [0.25, 0.3) is 11.1 Å². The molecule has 0 saturated carbocycles. The van der Waals surface area contributed by atoms with Crippen LogP contribution in [0.4, 0.5) is 13.2 Å². The third-order valence-corrected chi connectivity index (χ3v) is 4.62. The van der Waals surface area contributed by atoms with Crippen molar-refractivity contribution in [3.05, 3.63) is 87.2 Å². The molecule has 0 aliphatic heterocycles. The van der Waals surface area contributed by atoms with Gasteiger partial charge in [-0.1, -0.05) is 42.0 Å². The number of aryl methyl sites for hydroxylation is 1. The van der Waals surface area contributed by atoms with Crippen LogP contribution in [0, 0.1) is 16.3 Å². The Kier molecular flexibility index (Phi) is 5.03. The molecular formula is C20H14F3IO. The fourth-order valence-electron chi connectivity index (χ4n) is 2.35. The van der Waals surface area contributed by atoms with Crippen molar-refractivity contribution in [1.82, 2.24) is 0 Å². The van der Waals surface area contributed by atoms with Gasteiger partial charge in [-0.3, -0.25) is 0 Å². The number of hydrogen-bond acceptors (Lipinski definition) is 1. The first-order chi connectivity index (χ1) is 11.8. The number of alkyl halides is 2. The van der Waals surface area contributed by atoms with Gasteiger partial charge in [0.05, 0.1) is 5.56 Å². The molecule has 0 heterocycles. The predicted molar refractivity (Wildman–Crippen MR) is 100 cm³/mol. The van der Waals surface area contributed by atoms with E-state index in [0.29, 0.717) is 3.57 Å². The summed E-state index contributed by atoms with van der Waals surface area (Å²) in [5, 5.41) is 0. The largest absolute Gasteiger partial charge is 0.429 e. The highest BCUT2D eigenvalue weighted by molar-refractivity contribution is 14.1. The molecule has 3 aromatic rings. The zero-order chi connectivity index (χ0) is 18.0. The molecule has 128 valence electrons. The molecule has 0 aliphatic carbocycles. The Balaban J connectivity index is 1.82. The second kappa shape index (κ2) is 7.07. The maximum Gasteiger partial charge on any atom is 0.426 e. The minimum Gasteiger partial charge on any atom is -0.429 e. The predicted octanol–water partition coefficient (Wildman–Crippen LogP) is 6.53. The summed E-state index contributed by atoms with van der Waals surface area (Å²) in [4.78, 5) is 0. The Bertz CT molecular complexity index is 874. The molecule has 5 heteroatoms. The standard InChI is InChI=1S/C20H14F3IO/c1-13-2-4-14(5-3-13)15-6-8-16(9-7-15)20(22,23)25-17-10-11-19(24)18(21)12-17/h2-12H,1H3. The van der Waals surface area contributed by atoms with Crippen LogP contribution in [-0.2, 0) is 6.11 Å². The fraction of sp³-hybridized carbons (Fsp3) is 0.100. The van der Waals surface area contributed by atoms with Crippen molar-refractivity contribution < 1.29 is 17.9 Å². The van der Waals surface area contributed by atoms with Crippen LogP contribution in [0.3, 0.4) is 0 Å². The van der Waals surface area contributed by atoms with Gasteiger partial charge >= 0.3 is 6.11 Å². The van der Waals surface area contributed by atoms with Crippen LogP contribution in [0.2, 0.25) is 0 Å². The Labute approximate surface area is 157 Å². The van der Waals surface area contributed by atoms with E-state index >= 15 is 0 Å². The van der Waals surface area contributed by atoms with Crippen molar-refractivity contribution in [2.75, 3.05) is 0 Å². The number of rotatable bonds is 4. The van der Waals surface area contributed by atoms with E-state index in [2.05, 4.69) is 0 Å². The summed E-state index contributed by atoms with van der Waals surface area (Å²) in [5.74, 6) is -0.811. The van der Waals surface area contributed by atoms with Crippen molar-refractivity contribution in [3.63, 3.8) is 0 Å². The number of ether oxygens (including phenoxy) is 1. The van der Waals surface area contributed by atoms with E-state index < -0.39 is 11.9 Å². The van der Waals surface area contributed by atoms with Gasteiger partial charge in [0.25, 0.3) is 0 Å². The molecule has 0 bridgehead atoms. The molecule has 0 atom stereocenters. The molecular weight excluding hydrogens is 440 g/mol. The Morgan fingerprint density at radius 3 is 1.96 bits per heavy atom. The first-order valence-corrected chi connectivity index (χ1v) is 8.62. The summed E-state index contributed by atoms with van der Waals surface area (Å²) in [6, 6.07) is 17.3. The minimum atomic E-state index is -3.55. The number of halogens is 4. The van der Waals surface area contributed by atoms with E-state index in [-0.39, 0.29) is 11.3 Å². The first kappa shape index (κ1) is 17.8. The molecule has 0 saturated heterocycles. The summed E-state index contributed by atoms with van der Waals surface area (Å²) in [6.07, 6.45) is -3.55. The molecule has 1 nitrogen and oxygen atoms in total. The molecule has 25 heavy (non-hydrogen) atoms. The van der Waals surface area contributed by atoms with E-state index in [4.69, 9.17) is 4.74 Å². The SMILES string of the molecule is Cc1ccc(-c2ccc(C(F)(F)Oc3ccc(I)c(F)c3)cc2)cc1. The maximum atomic E-state index is 14.3. The lowest BCUT2D eigenvalue weighted by Crippen LogP contribution is -2.21. The third-order valence-electron chi connectivity index (χ3n) is 3.74. The molecule has 0 radical (unpaired) electrons. The Morgan fingerprint density at radius 1 is 0.840 bits per heavy atom. The van der Waals surface area contributed by atoms with E-state index in [1.807, 2.05) is 31.2 Å². The highest BCUT2D eigenvalue weighted by atomic mass is 127. The normalized spacial score (nSPS) is 11.4. The van der Waals surface area contributed by atoms with Crippen LogP contribution in [0.5, 0.6) is 5.75 Å². The van der Waals surface area contributed by atoms with Crippen LogP contribution < -0.4 is 4.74 Å². The van der Waals surface area contributed by atoms with Crippen LogP contribution in [-0.4, -0.2) is 0 Å². The zero-order valence-electron chi connectivity index (χ0n) is 13.3. The van der Waals surface area contributed by atoms with E-state index in [9.17, 15) is 13.2 Å². The lowest BCUT2D eigenvalue weighted by atomic mass is 10.0. The van der Waals surface area contributed by atoms with Gasteiger partial charge in [0.15, 0.2) is 0 Å². The topological polar surface area (TPSA) is 9.23 Å². The van der Waals surface area contributed by atoms with Gasteiger partial charge in [0.1, 0.15) is 11.6 Å². The maximum absolute atomic E-state index is 14.3. The number of benzene rings is 3. The van der Waals surface area contributed by atoms with Crippen LogP contribution in [0.1, 0.15) is 11.1 Å². The second-order valence-electron chi connectivity index (χ2n) is 5.64. The average Bonchev–Trinajstić information content (AvgIpc) is 2.59. The van der Waals surface area contributed by atoms with Crippen molar-refractivity contribution in [1.29, 1.82) is 0 Å². The third kappa shape index (κ3) is 4.15. The quantitative estimate of drug-likeness (QED) is 0.407. The summed E-state index contributed by atoms with van der Waals surface area (Å²) in [6.45, 7) is 1.98. The van der Waals surface area contributed by atoms with Gasteiger partial charge in [-0.15, -0.1) is 0 Å². The molecule has 0 unspecified atom stereocenters. The number of hydrogen-bond donors (Lipinski definition) is 0. The van der Waals surface area contributed by atoms with Gasteiger partial charge in [-0.05, 0) is 64.9 Å². The van der Waals surface area contributed by atoms with Gasteiger partial charge < -0.3 is 4.74 Å². The van der Waals surface area contributed by atoms with E-state index in [1.54, 1.807) is 34.7 Å². The van der Waals surface area contributed by atoms with Crippen molar-refractivity contribution in [3.8, 4) is 16.9 Å². The zero-order valence-corrected chi connectivity index (χ0v) is 15.4. The van der Waals surface area contributed by atoms with Gasteiger partial charge in [-0.2, -0.15) is 8.78 Å². The summed E-state index contributed by atoms with van der Waals surface area (Å²) >= 11 is 1.78. The average molecular weight is 454 g/mol. The molecule has 3 aromatic carbocycles. The van der Waals surface area contributed by atoms with Crippen molar-refractivity contribution in [2.24, 2.45) is 0 Å². The molecule has 0 aromatic heterocycles. The first-order valence-electron chi connectivity index (χ1n) is 7.54. The highest BCUT2D eigenvalue weighted by Gasteiger charge is 2.34. The van der Waals surface area contributed by atoms with E-state index in [1.165, 1.54) is 24.3 Å². The summed E-state index contributed by atoms with van der Waals surface area (Å²) < 4.78 is 47.2. The van der Waals surface area contributed by atoms with Gasteiger partial charge in [-0.25, -0.2) is 4.39 Å². The smallest absolute Gasteiger partial charge is 0.426 e. The fourth-order valence-corrected chi connectivity index (χ4v) is 2.69. The molecule has 0 fully saturated rings. The van der Waals surface area contributed by atoms with E-state index in [0.717, 1.165) is 22.8 Å². The monoisotopic (exact) mass is 454 g/mol. The summed E-state index contributed by atoms with van der Waals surface area (Å²) in [5.41, 5.74) is 2.62. The molecule has 0 N–H and O–H groups in total. The summed E-state index contributed by atoms with van der Waals surface area (Å²) in [7, 11) is 0. The molecule has 0 amide bonds. The molecule has 0 spiro atoms. The minimum absolute atomic E-state index is 0.217. The lowest BCUT2D eigenvalue weighted by Gasteiger charge is -2.18.